The maximum absolute atomic E-state index is 6.08. The Kier molecular flexibility index (Phi) is 5.21. The maximum Gasteiger partial charge on any atom is 0.0949 e. The van der Waals surface area contributed by atoms with Gasteiger partial charge >= 0.3 is 0 Å². The van der Waals surface area contributed by atoms with Crippen molar-refractivity contribution in [3.05, 3.63) is 35.4 Å². The quantitative estimate of drug-likeness (QED) is 0.710. The molecule has 1 fully saturated rings. The Morgan fingerprint density at radius 2 is 2.00 bits per heavy atom. The standard InChI is InChI=1S/C16H25NO/c1-3-10-17-11-16(18-12-14-6-7-14)15-8-4-13(2)5-9-15/h4-5,8-9,14,16-17H,3,6-7,10-12H2,1-2H3. The van der Waals surface area contributed by atoms with E-state index in [-0.39, 0.29) is 6.10 Å². The van der Waals surface area contributed by atoms with Gasteiger partial charge in [-0.3, -0.25) is 0 Å². The van der Waals surface area contributed by atoms with Crippen molar-refractivity contribution in [1.29, 1.82) is 0 Å². The van der Waals surface area contributed by atoms with Crippen LogP contribution >= 0.6 is 0 Å². The lowest BCUT2D eigenvalue weighted by molar-refractivity contribution is 0.0453. The van der Waals surface area contributed by atoms with E-state index in [4.69, 9.17) is 4.74 Å². The van der Waals surface area contributed by atoms with Crippen LogP contribution in [0.15, 0.2) is 24.3 Å². The monoisotopic (exact) mass is 247 g/mol. The Hall–Kier alpha value is -0.860. The van der Waals surface area contributed by atoms with Crippen LogP contribution in [0.3, 0.4) is 0 Å². The summed E-state index contributed by atoms with van der Waals surface area (Å²) in [5.74, 6) is 0.823. The average molecular weight is 247 g/mol. The summed E-state index contributed by atoms with van der Waals surface area (Å²) in [6.07, 6.45) is 4.08. The van der Waals surface area contributed by atoms with Crippen LogP contribution in [-0.2, 0) is 4.74 Å². The number of rotatable bonds is 8. The molecule has 0 saturated heterocycles. The molecule has 18 heavy (non-hydrogen) atoms. The molecule has 0 radical (unpaired) electrons. The molecule has 1 aromatic rings. The van der Waals surface area contributed by atoms with Crippen LogP contribution in [0.25, 0.3) is 0 Å². The number of hydrogen-bond donors (Lipinski definition) is 1. The summed E-state index contributed by atoms with van der Waals surface area (Å²) < 4.78 is 6.08. The number of aryl methyl sites for hydroxylation is 1. The van der Waals surface area contributed by atoms with Gasteiger partial charge in [-0.15, -0.1) is 0 Å². The van der Waals surface area contributed by atoms with E-state index in [1.54, 1.807) is 0 Å². The molecule has 0 amide bonds. The summed E-state index contributed by atoms with van der Waals surface area (Å²) in [7, 11) is 0. The van der Waals surface area contributed by atoms with Gasteiger partial charge in [-0.1, -0.05) is 36.8 Å². The largest absolute Gasteiger partial charge is 0.372 e. The van der Waals surface area contributed by atoms with Crippen molar-refractivity contribution in [2.45, 2.75) is 39.2 Å². The normalized spacial score (nSPS) is 16.8. The molecule has 1 aliphatic carbocycles. The Morgan fingerprint density at radius 1 is 1.28 bits per heavy atom. The molecular formula is C16H25NO. The highest BCUT2D eigenvalue weighted by Gasteiger charge is 2.23. The van der Waals surface area contributed by atoms with Crippen LogP contribution < -0.4 is 5.32 Å². The molecule has 0 aromatic heterocycles. The van der Waals surface area contributed by atoms with Crippen molar-refractivity contribution in [3.63, 3.8) is 0 Å². The minimum absolute atomic E-state index is 0.206. The van der Waals surface area contributed by atoms with Gasteiger partial charge in [0.1, 0.15) is 0 Å². The second kappa shape index (κ2) is 6.91. The van der Waals surface area contributed by atoms with Crippen molar-refractivity contribution in [2.75, 3.05) is 19.7 Å². The molecule has 2 rings (SSSR count). The summed E-state index contributed by atoms with van der Waals surface area (Å²) in [4.78, 5) is 0. The van der Waals surface area contributed by atoms with Crippen molar-refractivity contribution < 1.29 is 4.74 Å². The smallest absolute Gasteiger partial charge is 0.0949 e. The van der Waals surface area contributed by atoms with E-state index in [1.165, 1.54) is 30.4 Å². The Balaban J connectivity index is 1.90. The van der Waals surface area contributed by atoms with Gasteiger partial charge in [0.05, 0.1) is 12.7 Å². The molecule has 1 aliphatic rings. The van der Waals surface area contributed by atoms with E-state index >= 15 is 0 Å². The van der Waals surface area contributed by atoms with Gasteiger partial charge in [0.25, 0.3) is 0 Å². The average Bonchev–Trinajstić information content (AvgIpc) is 3.19. The molecule has 1 N–H and O–H groups in total. The third kappa shape index (κ3) is 4.43. The van der Waals surface area contributed by atoms with Crippen molar-refractivity contribution in [3.8, 4) is 0 Å². The predicted molar refractivity (Wildman–Crippen MR) is 75.8 cm³/mol. The first-order chi connectivity index (χ1) is 8.79. The molecular weight excluding hydrogens is 222 g/mol. The molecule has 2 nitrogen and oxygen atoms in total. The van der Waals surface area contributed by atoms with Crippen molar-refractivity contribution in [2.24, 2.45) is 5.92 Å². The molecule has 1 aromatic carbocycles. The number of ether oxygens (including phenoxy) is 1. The van der Waals surface area contributed by atoms with E-state index in [9.17, 15) is 0 Å². The van der Waals surface area contributed by atoms with E-state index in [2.05, 4.69) is 43.4 Å². The van der Waals surface area contributed by atoms with E-state index in [1.807, 2.05) is 0 Å². The van der Waals surface area contributed by atoms with Crippen LogP contribution in [0.2, 0.25) is 0 Å². The van der Waals surface area contributed by atoms with Gasteiger partial charge in [-0.25, -0.2) is 0 Å². The third-order valence-corrected chi connectivity index (χ3v) is 3.44. The first-order valence-corrected chi connectivity index (χ1v) is 7.18. The second-order valence-corrected chi connectivity index (χ2v) is 5.38. The molecule has 0 heterocycles. The number of nitrogens with one attached hydrogen (secondary N) is 1. The summed E-state index contributed by atoms with van der Waals surface area (Å²) in [6.45, 7) is 7.23. The fourth-order valence-corrected chi connectivity index (χ4v) is 2.00. The molecule has 100 valence electrons. The fraction of sp³-hybridized carbons (Fsp3) is 0.625. The van der Waals surface area contributed by atoms with Gasteiger partial charge in [0.15, 0.2) is 0 Å². The van der Waals surface area contributed by atoms with Crippen molar-refractivity contribution in [1.82, 2.24) is 5.32 Å². The Labute approximate surface area is 111 Å². The lowest BCUT2D eigenvalue weighted by atomic mass is 10.1. The predicted octanol–water partition coefficient (Wildman–Crippen LogP) is 3.46. The third-order valence-electron chi connectivity index (χ3n) is 3.44. The maximum atomic E-state index is 6.08. The highest BCUT2D eigenvalue weighted by atomic mass is 16.5. The minimum Gasteiger partial charge on any atom is -0.372 e. The van der Waals surface area contributed by atoms with Crippen LogP contribution in [0.1, 0.15) is 43.4 Å². The van der Waals surface area contributed by atoms with Crippen LogP contribution in [-0.4, -0.2) is 19.7 Å². The van der Waals surface area contributed by atoms with Gasteiger partial charge in [0.2, 0.25) is 0 Å². The lowest BCUT2D eigenvalue weighted by Crippen LogP contribution is -2.24. The highest BCUT2D eigenvalue weighted by Crippen LogP contribution is 2.31. The van der Waals surface area contributed by atoms with E-state index in [0.29, 0.717) is 0 Å². The van der Waals surface area contributed by atoms with Crippen molar-refractivity contribution >= 4 is 0 Å². The molecule has 1 saturated carbocycles. The molecule has 2 heteroatoms. The van der Waals surface area contributed by atoms with Gasteiger partial charge in [-0.05, 0) is 44.2 Å². The van der Waals surface area contributed by atoms with Crippen LogP contribution in [0.4, 0.5) is 0 Å². The minimum atomic E-state index is 0.206. The van der Waals surface area contributed by atoms with Gasteiger partial charge in [-0.2, -0.15) is 0 Å². The summed E-state index contributed by atoms with van der Waals surface area (Å²) >= 11 is 0. The zero-order valence-corrected chi connectivity index (χ0v) is 11.6. The van der Waals surface area contributed by atoms with E-state index < -0.39 is 0 Å². The number of benzene rings is 1. The zero-order chi connectivity index (χ0) is 12.8. The topological polar surface area (TPSA) is 21.3 Å². The van der Waals surface area contributed by atoms with Crippen LogP contribution in [0.5, 0.6) is 0 Å². The zero-order valence-electron chi connectivity index (χ0n) is 11.6. The van der Waals surface area contributed by atoms with Crippen LogP contribution in [0, 0.1) is 12.8 Å². The summed E-state index contributed by atoms with van der Waals surface area (Å²) in [6, 6.07) is 8.73. The fourth-order valence-electron chi connectivity index (χ4n) is 2.00. The lowest BCUT2D eigenvalue weighted by Gasteiger charge is -2.19. The molecule has 1 unspecified atom stereocenters. The van der Waals surface area contributed by atoms with Gasteiger partial charge in [0, 0.05) is 6.54 Å². The van der Waals surface area contributed by atoms with E-state index in [0.717, 1.165) is 25.6 Å². The first kappa shape index (κ1) is 13.6. The highest BCUT2D eigenvalue weighted by molar-refractivity contribution is 5.23. The first-order valence-electron chi connectivity index (χ1n) is 7.18. The molecule has 0 spiro atoms. The SMILES string of the molecule is CCCNCC(OCC1CC1)c1ccc(C)cc1. The Bertz CT molecular complexity index is 343. The molecule has 0 bridgehead atoms. The summed E-state index contributed by atoms with van der Waals surface area (Å²) in [5, 5.41) is 3.47. The second-order valence-electron chi connectivity index (χ2n) is 5.38. The number of hydrogen-bond acceptors (Lipinski definition) is 2. The Morgan fingerprint density at radius 3 is 2.61 bits per heavy atom. The molecule has 0 aliphatic heterocycles. The summed E-state index contributed by atoms with van der Waals surface area (Å²) in [5.41, 5.74) is 2.60. The molecule has 1 atom stereocenters. The van der Waals surface area contributed by atoms with Gasteiger partial charge < -0.3 is 10.1 Å².